The highest BCUT2D eigenvalue weighted by molar-refractivity contribution is 6.05. The molecule has 1 aromatic heterocycles. The van der Waals surface area contributed by atoms with Crippen LogP contribution >= 0.6 is 0 Å². The van der Waals surface area contributed by atoms with Gasteiger partial charge in [-0.15, -0.1) is 0 Å². The minimum Gasteiger partial charge on any atom is -0.462 e. The number of piperazine rings is 1. The first kappa shape index (κ1) is 30.9. The number of aromatic nitrogens is 2. The molecule has 4 rings (SSSR count). The number of carbonyl (C=O) groups excluding carboxylic acids is 3. The number of nitrogens with zero attached hydrogens (tertiary/aromatic N) is 4. The van der Waals surface area contributed by atoms with Crippen LogP contribution in [-0.2, 0) is 11.2 Å². The molecule has 2 aromatic carbocycles. The van der Waals surface area contributed by atoms with Crippen LogP contribution < -0.4 is 0 Å². The second-order valence-corrected chi connectivity index (χ2v) is 11.5. The van der Waals surface area contributed by atoms with Crippen molar-refractivity contribution in [3.8, 4) is 11.4 Å². The Labute approximate surface area is 249 Å². The van der Waals surface area contributed by atoms with Crippen molar-refractivity contribution in [2.75, 3.05) is 26.2 Å². The second kappa shape index (κ2) is 14.2. The molecule has 1 fully saturated rings. The topological polar surface area (TPSA) is 92.7 Å². The molecule has 2 amide bonds. The molecule has 8 heteroatoms. The average Bonchev–Trinajstić information content (AvgIpc) is 2.99. The van der Waals surface area contributed by atoms with Gasteiger partial charge in [0.15, 0.2) is 5.82 Å². The fraction of sp³-hybridized carbons (Fsp3) is 0.441. The van der Waals surface area contributed by atoms with Crippen LogP contribution in [0.2, 0.25) is 0 Å². The van der Waals surface area contributed by atoms with Gasteiger partial charge in [-0.25, -0.2) is 14.8 Å². The normalized spacial score (nSPS) is 15.1. The van der Waals surface area contributed by atoms with Gasteiger partial charge in [0.1, 0.15) is 11.3 Å². The number of esters is 1. The smallest absolute Gasteiger partial charge is 0.342 e. The van der Waals surface area contributed by atoms with Gasteiger partial charge in [-0.3, -0.25) is 9.59 Å². The van der Waals surface area contributed by atoms with E-state index in [2.05, 4.69) is 16.9 Å². The Morgan fingerprint density at radius 1 is 0.952 bits per heavy atom. The average molecular weight is 571 g/mol. The van der Waals surface area contributed by atoms with Gasteiger partial charge in [-0.05, 0) is 50.3 Å². The Morgan fingerprint density at radius 3 is 2.31 bits per heavy atom. The molecule has 3 aromatic rings. The Kier molecular flexibility index (Phi) is 10.4. The molecule has 0 N–H and O–H groups in total. The summed E-state index contributed by atoms with van der Waals surface area (Å²) >= 11 is 0. The number of carbonyl (C=O) groups is 3. The van der Waals surface area contributed by atoms with Crippen LogP contribution in [0.3, 0.4) is 0 Å². The molecule has 0 saturated carbocycles. The molecule has 0 aliphatic carbocycles. The van der Waals surface area contributed by atoms with Crippen LogP contribution in [-0.4, -0.2) is 69.8 Å². The standard InChI is InChI=1S/C34H42N4O4/c1-6-7-9-12-26-15-17-28(18-16-26)32(39)38-20-19-37(21-24(38)4)33(40)30-29(34(41)42-22-23(2)3)25(5)35-31(36-30)27-13-10-8-11-14-27/h8,10-11,13-18,23-24H,6-7,9,12,19-22H2,1-5H3. The summed E-state index contributed by atoms with van der Waals surface area (Å²) in [4.78, 5) is 53.1. The maximum Gasteiger partial charge on any atom is 0.342 e. The zero-order chi connectivity index (χ0) is 30.2. The monoisotopic (exact) mass is 570 g/mol. The van der Waals surface area contributed by atoms with E-state index < -0.39 is 5.97 Å². The summed E-state index contributed by atoms with van der Waals surface area (Å²) in [6.45, 7) is 11.0. The fourth-order valence-corrected chi connectivity index (χ4v) is 5.16. The number of hydrogen-bond acceptors (Lipinski definition) is 6. The van der Waals surface area contributed by atoms with Crippen LogP contribution in [0, 0.1) is 12.8 Å². The summed E-state index contributed by atoms with van der Waals surface area (Å²) in [6.07, 6.45) is 4.54. The van der Waals surface area contributed by atoms with E-state index in [1.54, 1.807) is 11.8 Å². The highest BCUT2D eigenvalue weighted by Crippen LogP contribution is 2.23. The third-order valence-corrected chi connectivity index (χ3v) is 7.52. The molecule has 0 radical (unpaired) electrons. The van der Waals surface area contributed by atoms with Gasteiger partial charge in [0.05, 0.1) is 12.3 Å². The maximum absolute atomic E-state index is 14.0. The zero-order valence-corrected chi connectivity index (χ0v) is 25.4. The third kappa shape index (κ3) is 7.41. The van der Waals surface area contributed by atoms with Crippen molar-refractivity contribution in [3.05, 3.63) is 82.7 Å². The van der Waals surface area contributed by atoms with Gasteiger partial charge in [0.25, 0.3) is 11.8 Å². The number of benzene rings is 2. The van der Waals surface area contributed by atoms with E-state index in [-0.39, 0.29) is 41.6 Å². The Balaban J connectivity index is 1.54. The van der Waals surface area contributed by atoms with Crippen LogP contribution in [0.25, 0.3) is 11.4 Å². The molecule has 2 heterocycles. The molecule has 1 atom stereocenters. The van der Waals surface area contributed by atoms with Crippen molar-refractivity contribution in [2.45, 2.75) is 66.3 Å². The van der Waals surface area contributed by atoms with Gasteiger partial charge in [0, 0.05) is 36.8 Å². The molecular weight excluding hydrogens is 528 g/mol. The van der Waals surface area contributed by atoms with Crippen molar-refractivity contribution in [3.63, 3.8) is 0 Å². The highest BCUT2D eigenvalue weighted by atomic mass is 16.5. The van der Waals surface area contributed by atoms with Gasteiger partial charge in [-0.1, -0.05) is 76.1 Å². The number of amides is 2. The minimum absolute atomic E-state index is 0.0285. The van der Waals surface area contributed by atoms with Gasteiger partial charge in [-0.2, -0.15) is 0 Å². The molecular formula is C34H42N4O4. The first-order valence-corrected chi connectivity index (χ1v) is 15.0. The molecule has 8 nitrogen and oxygen atoms in total. The fourth-order valence-electron chi connectivity index (χ4n) is 5.16. The summed E-state index contributed by atoms with van der Waals surface area (Å²) in [5, 5.41) is 0. The molecule has 1 aliphatic heterocycles. The van der Waals surface area contributed by atoms with E-state index in [1.165, 1.54) is 18.4 Å². The van der Waals surface area contributed by atoms with Crippen molar-refractivity contribution < 1.29 is 19.1 Å². The summed E-state index contributed by atoms with van der Waals surface area (Å²) in [5.74, 6) is -0.510. The van der Waals surface area contributed by atoms with E-state index in [0.29, 0.717) is 36.7 Å². The lowest BCUT2D eigenvalue weighted by Gasteiger charge is -2.40. The number of hydrogen-bond donors (Lipinski definition) is 0. The molecule has 1 aliphatic rings. The molecule has 222 valence electrons. The first-order chi connectivity index (χ1) is 20.2. The Hall–Kier alpha value is -4.07. The van der Waals surface area contributed by atoms with Crippen molar-refractivity contribution in [1.82, 2.24) is 19.8 Å². The Bertz CT molecular complexity index is 1390. The predicted molar refractivity (Wildman–Crippen MR) is 163 cm³/mol. The summed E-state index contributed by atoms with van der Waals surface area (Å²) in [5.41, 5.74) is 3.14. The first-order valence-electron chi connectivity index (χ1n) is 15.0. The molecule has 1 saturated heterocycles. The van der Waals surface area contributed by atoms with Crippen molar-refractivity contribution in [2.24, 2.45) is 5.92 Å². The third-order valence-electron chi connectivity index (χ3n) is 7.52. The van der Waals surface area contributed by atoms with Crippen LogP contribution in [0.1, 0.15) is 89.4 Å². The number of ether oxygens (including phenoxy) is 1. The minimum atomic E-state index is -0.607. The molecule has 0 bridgehead atoms. The van der Waals surface area contributed by atoms with E-state index in [4.69, 9.17) is 4.74 Å². The Morgan fingerprint density at radius 2 is 1.67 bits per heavy atom. The lowest BCUT2D eigenvalue weighted by molar-refractivity contribution is 0.0399. The largest absolute Gasteiger partial charge is 0.462 e. The molecule has 1 unspecified atom stereocenters. The second-order valence-electron chi connectivity index (χ2n) is 11.5. The maximum atomic E-state index is 14.0. The molecule has 0 spiro atoms. The number of unbranched alkanes of at least 4 members (excludes halogenated alkanes) is 2. The van der Waals surface area contributed by atoms with Gasteiger partial charge < -0.3 is 14.5 Å². The summed E-state index contributed by atoms with van der Waals surface area (Å²) < 4.78 is 5.51. The quantitative estimate of drug-likeness (QED) is 0.220. The lowest BCUT2D eigenvalue weighted by Crippen LogP contribution is -2.55. The van der Waals surface area contributed by atoms with Crippen LogP contribution in [0.15, 0.2) is 54.6 Å². The van der Waals surface area contributed by atoms with Gasteiger partial charge >= 0.3 is 5.97 Å². The van der Waals surface area contributed by atoms with E-state index in [1.807, 2.05) is 80.3 Å². The van der Waals surface area contributed by atoms with E-state index >= 15 is 0 Å². The number of rotatable bonds is 10. The van der Waals surface area contributed by atoms with Crippen LogP contribution in [0.4, 0.5) is 0 Å². The summed E-state index contributed by atoms with van der Waals surface area (Å²) in [7, 11) is 0. The van der Waals surface area contributed by atoms with Gasteiger partial charge in [0.2, 0.25) is 0 Å². The zero-order valence-electron chi connectivity index (χ0n) is 25.4. The SMILES string of the molecule is CCCCCc1ccc(C(=O)N2CCN(C(=O)c3nc(-c4ccccc4)nc(C)c3C(=O)OCC(C)C)CC2C)cc1. The van der Waals surface area contributed by atoms with E-state index in [9.17, 15) is 14.4 Å². The van der Waals surface area contributed by atoms with Crippen molar-refractivity contribution in [1.29, 1.82) is 0 Å². The molecule has 42 heavy (non-hydrogen) atoms. The highest BCUT2D eigenvalue weighted by Gasteiger charge is 2.34. The predicted octanol–water partition coefficient (Wildman–Crippen LogP) is 5.98. The summed E-state index contributed by atoms with van der Waals surface area (Å²) in [6, 6.07) is 17.0. The number of aryl methyl sites for hydroxylation is 2. The van der Waals surface area contributed by atoms with Crippen LogP contribution in [0.5, 0.6) is 0 Å². The van der Waals surface area contributed by atoms with Crippen molar-refractivity contribution >= 4 is 17.8 Å². The van der Waals surface area contributed by atoms with E-state index in [0.717, 1.165) is 18.4 Å². The lowest BCUT2D eigenvalue weighted by atomic mass is 10.0.